The lowest BCUT2D eigenvalue weighted by Gasteiger charge is -2.36. The van der Waals surface area contributed by atoms with E-state index in [4.69, 9.17) is 14.0 Å². The van der Waals surface area contributed by atoms with Crippen molar-refractivity contribution in [3.63, 3.8) is 0 Å². The number of ether oxygens (including phenoxy) is 1. The largest absolute Gasteiger partial charge is 0.489 e. The highest BCUT2D eigenvalue weighted by molar-refractivity contribution is 6.74. The van der Waals surface area contributed by atoms with Crippen molar-refractivity contribution in [3.8, 4) is 5.75 Å². The molecular weight excluding hydrogens is 476 g/mol. The Morgan fingerprint density at radius 3 is 2.43 bits per heavy atom. The number of pyridine rings is 1. The molecule has 0 N–H and O–H groups in total. The SMILES string of the molecule is Cc1cc(COc2ccc(C3(C(C)C)CC(CCO[Si](C)(C)C(C)(C)C)=NO3)cc2)c2ccccc2n1. The molecule has 0 amide bonds. The summed E-state index contributed by atoms with van der Waals surface area (Å²) in [6.07, 6.45) is 1.59. The molecule has 1 aliphatic rings. The summed E-state index contributed by atoms with van der Waals surface area (Å²) in [5.41, 5.74) is 4.89. The monoisotopic (exact) mass is 518 g/mol. The maximum absolute atomic E-state index is 6.39. The first-order chi connectivity index (χ1) is 17.4. The Labute approximate surface area is 223 Å². The molecule has 0 aliphatic carbocycles. The second-order valence-corrected chi connectivity index (χ2v) is 16.9. The number of fused-ring (bicyclic) bond motifs is 1. The number of aromatic nitrogens is 1. The van der Waals surface area contributed by atoms with Gasteiger partial charge in [0.25, 0.3) is 0 Å². The minimum Gasteiger partial charge on any atom is -0.489 e. The van der Waals surface area contributed by atoms with Crippen LogP contribution in [0.3, 0.4) is 0 Å². The molecular formula is C31H42N2O3Si. The summed E-state index contributed by atoms with van der Waals surface area (Å²) in [7, 11) is -1.77. The number of oxime groups is 1. The smallest absolute Gasteiger partial charge is 0.191 e. The fourth-order valence-electron chi connectivity index (χ4n) is 4.59. The molecule has 2 heterocycles. The zero-order valence-electron chi connectivity index (χ0n) is 23.7. The summed E-state index contributed by atoms with van der Waals surface area (Å²) < 4.78 is 12.6. The van der Waals surface area contributed by atoms with Gasteiger partial charge in [0.05, 0.1) is 11.2 Å². The van der Waals surface area contributed by atoms with Crippen molar-refractivity contribution in [2.45, 2.75) is 84.7 Å². The van der Waals surface area contributed by atoms with Crippen LogP contribution >= 0.6 is 0 Å². The maximum Gasteiger partial charge on any atom is 0.191 e. The van der Waals surface area contributed by atoms with E-state index >= 15 is 0 Å². The lowest BCUT2D eigenvalue weighted by atomic mass is 9.79. The molecule has 0 bridgehead atoms. The standard InChI is InChI=1S/C31H42N2O3Si/c1-22(2)31(20-26(33-36-31)17-18-35-37(7,8)30(4,5)6)25-13-15-27(16-14-25)34-21-24-19-23(3)32-29-12-10-9-11-28(24)29/h9-16,19,22H,17-18,20-21H2,1-8H3. The molecule has 0 saturated carbocycles. The summed E-state index contributed by atoms with van der Waals surface area (Å²) in [4.78, 5) is 10.8. The van der Waals surface area contributed by atoms with Gasteiger partial charge in [-0.2, -0.15) is 0 Å². The molecule has 37 heavy (non-hydrogen) atoms. The average molecular weight is 519 g/mol. The Bertz CT molecular complexity index is 1260. The fraction of sp³-hybridized carbons (Fsp3) is 0.484. The topological polar surface area (TPSA) is 52.9 Å². The number of para-hydroxylation sites is 1. The highest BCUT2D eigenvalue weighted by Gasteiger charge is 2.44. The third-order valence-corrected chi connectivity index (χ3v) is 12.6. The van der Waals surface area contributed by atoms with E-state index in [1.165, 1.54) is 0 Å². The van der Waals surface area contributed by atoms with Crippen LogP contribution in [0.1, 0.15) is 64.3 Å². The Kier molecular flexibility index (Phi) is 7.82. The van der Waals surface area contributed by atoms with E-state index in [1.54, 1.807) is 0 Å². The van der Waals surface area contributed by atoms with E-state index in [0.717, 1.165) is 52.0 Å². The zero-order valence-corrected chi connectivity index (χ0v) is 24.7. The van der Waals surface area contributed by atoms with Crippen LogP contribution in [0.5, 0.6) is 5.75 Å². The Balaban J connectivity index is 1.41. The third kappa shape index (κ3) is 5.91. The van der Waals surface area contributed by atoms with Crippen molar-refractivity contribution in [2.24, 2.45) is 11.1 Å². The van der Waals surface area contributed by atoms with Gasteiger partial charge in [-0.1, -0.05) is 70.1 Å². The summed E-state index contributed by atoms with van der Waals surface area (Å²) in [6, 6.07) is 18.6. The van der Waals surface area contributed by atoms with Crippen LogP contribution < -0.4 is 4.74 Å². The molecule has 0 fully saturated rings. The summed E-state index contributed by atoms with van der Waals surface area (Å²) >= 11 is 0. The van der Waals surface area contributed by atoms with Gasteiger partial charge in [-0.15, -0.1) is 0 Å². The van der Waals surface area contributed by atoms with E-state index in [-0.39, 0.29) is 11.0 Å². The molecule has 0 radical (unpaired) electrons. The minimum absolute atomic E-state index is 0.204. The van der Waals surface area contributed by atoms with Crippen molar-refractivity contribution < 1.29 is 14.0 Å². The highest BCUT2D eigenvalue weighted by atomic mass is 28.4. The molecule has 2 aromatic carbocycles. The quantitative estimate of drug-likeness (QED) is 0.268. The van der Waals surface area contributed by atoms with E-state index in [9.17, 15) is 0 Å². The molecule has 198 valence electrons. The zero-order chi connectivity index (χ0) is 26.8. The minimum atomic E-state index is -1.77. The molecule has 4 rings (SSSR count). The summed E-state index contributed by atoms with van der Waals surface area (Å²) in [5, 5.41) is 5.85. The van der Waals surface area contributed by atoms with Crippen molar-refractivity contribution in [3.05, 3.63) is 71.4 Å². The van der Waals surface area contributed by atoms with Gasteiger partial charge >= 0.3 is 0 Å². The molecule has 0 spiro atoms. The Morgan fingerprint density at radius 1 is 1.05 bits per heavy atom. The van der Waals surface area contributed by atoms with Crippen LogP contribution in [-0.2, 0) is 21.5 Å². The predicted molar refractivity (Wildman–Crippen MR) is 155 cm³/mol. The Morgan fingerprint density at radius 2 is 1.76 bits per heavy atom. The lowest BCUT2D eigenvalue weighted by molar-refractivity contribution is -0.0593. The second kappa shape index (κ2) is 10.6. The van der Waals surface area contributed by atoms with Crippen LogP contribution in [0, 0.1) is 12.8 Å². The second-order valence-electron chi connectivity index (χ2n) is 12.1. The first-order valence-electron chi connectivity index (χ1n) is 13.4. The van der Waals surface area contributed by atoms with Gasteiger partial charge in [0.15, 0.2) is 13.9 Å². The number of rotatable bonds is 9. The van der Waals surface area contributed by atoms with Gasteiger partial charge in [-0.3, -0.25) is 4.98 Å². The molecule has 6 heteroatoms. The van der Waals surface area contributed by atoms with E-state index in [2.05, 4.69) is 82.1 Å². The van der Waals surface area contributed by atoms with Crippen molar-refractivity contribution in [1.82, 2.24) is 4.98 Å². The van der Waals surface area contributed by atoms with Gasteiger partial charge < -0.3 is 14.0 Å². The van der Waals surface area contributed by atoms with Crippen LogP contribution in [0.4, 0.5) is 0 Å². The van der Waals surface area contributed by atoms with Crippen LogP contribution in [0.15, 0.2) is 59.8 Å². The molecule has 3 aromatic rings. The summed E-state index contributed by atoms with van der Waals surface area (Å²) in [6.45, 7) is 19.0. The first kappa shape index (κ1) is 27.3. The first-order valence-corrected chi connectivity index (χ1v) is 16.3. The predicted octanol–water partition coefficient (Wildman–Crippen LogP) is 8.16. The van der Waals surface area contributed by atoms with Gasteiger partial charge in [0.2, 0.25) is 0 Å². The number of hydrogen-bond acceptors (Lipinski definition) is 5. The normalized spacial score (nSPS) is 18.2. The van der Waals surface area contributed by atoms with Gasteiger partial charge in [-0.25, -0.2) is 0 Å². The van der Waals surface area contributed by atoms with E-state index in [1.807, 2.05) is 37.3 Å². The number of hydrogen-bond donors (Lipinski definition) is 0. The molecule has 1 atom stereocenters. The van der Waals surface area contributed by atoms with Crippen LogP contribution in [0.25, 0.3) is 10.9 Å². The van der Waals surface area contributed by atoms with Crippen LogP contribution in [-0.4, -0.2) is 25.6 Å². The summed E-state index contributed by atoms with van der Waals surface area (Å²) in [5.74, 6) is 1.11. The Hall–Kier alpha value is -2.70. The van der Waals surface area contributed by atoms with E-state index in [0.29, 0.717) is 13.2 Å². The van der Waals surface area contributed by atoms with Crippen LogP contribution in [0.2, 0.25) is 18.1 Å². The lowest BCUT2D eigenvalue weighted by Crippen LogP contribution is -2.41. The third-order valence-electron chi connectivity index (χ3n) is 8.06. The van der Waals surface area contributed by atoms with Gasteiger partial charge in [0, 0.05) is 42.0 Å². The van der Waals surface area contributed by atoms with Crippen molar-refractivity contribution in [1.29, 1.82) is 0 Å². The number of nitrogens with zero attached hydrogens (tertiary/aromatic N) is 2. The maximum atomic E-state index is 6.39. The van der Waals surface area contributed by atoms with E-state index < -0.39 is 13.9 Å². The molecule has 1 unspecified atom stereocenters. The molecule has 0 saturated heterocycles. The fourth-order valence-corrected chi connectivity index (χ4v) is 5.64. The molecule has 1 aliphatic heterocycles. The average Bonchev–Trinajstić information content (AvgIpc) is 3.27. The molecule has 5 nitrogen and oxygen atoms in total. The van der Waals surface area contributed by atoms with Gasteiger partial charge in [0.1, 0.15) is 12.4 Å². The highest BCUT2D eigenvalue weighted by Crippen LogP contribution is 2.43. The molecule has 1 aromatic heterocycles. The number of benzene rings is 2. The van der Waals surface area contributed by atoms with Gasteiger partial charge in [-0.05, 0) is 54.9 Å². The van der Waals surface area contributed by atoms with Crippen molar-refractivity contribution in [2.75, 3.05) is 6.61 Å². The number of aryl methyl sites for hydroxylation is 1. The van der Waals surface area contributed by atoms with Crippen molar-refractivity contribution >= 4 is 24.9 Å².